The Morgan fingerprint density at radius 2 is 2.17 bits per heavy atom. The van der Waals surface area contributed by atoms with Gasteiger partial charge in [-0.15, -0.1) is 0 Å². The van der Waals surface area contributed by atoms with Gasteiger partial charge in [0.1, 0.15) is 0 Å². The highest BCUT2D eigenvalue weighted by atomic mass is 35.5. The Labute approximate surface area is 138 Å². The summed E-state index contributed by atoms with van der Waals surface area (Å²) in [4.78, 5) is 20.0. The van der Waals surface area contributed by atoms with Gasteiger partial charge in [0.15, 0.2) is 0 Å². The maximum atomic E-state index is 11.6. The largest absolute Gasteiger partial charge is 0.338 e. The number of rotatable bonds is 3. The number of hydrogen-bond donors (Lipinski definition) is 1. The van der Waals surface area contributed by atoms with Crippen molar-refractivity contribution in [3.8, 4) is 11.4 Å². The molecule has 0 aliphatic carbocycles. The second-order valence-electron chi connectivity index (χ2n) is 6.08. The molecule has 23 heavy (non-hydrogen) atoms. The van der Waals surface area contributed by atoms with E-state index in [1.165, 1.54) is 0 Å². The number of likely N-dealkylation sites (tertiary alicyclic amines) is 1. The molecule has 7 nitrogen and oxygen atoms in total. The lowest BCUT2D eigenvalue weighted by atomic mass is 9.89. The van der Waals surface area contributed by atoms with Crippen LogP contribution in [0.3, 0.4) is 0 Å². The summed E-state index contributed by atoms with van der Waals surface area (Å²) in [5, 5.41) is 7.47. The third-order valence-electron chi connectivity index (χ3n) is 4.56. The first-order chi connectivity index (χ1) is 11.1. The van der Waals surface area contributed by atoms with Gasteiger partial charge in [-0.2, -0.15) is 4.98 Å². The average molecular weight is 334 g/mol. The van der Waals surface area contributed by atoms with Crippen molar-refractivity contribution in [2.24, 2.45) is 0 Å². The number of carbonyl (C=O) groups excluding carboxylic acids is 1. The molecule has 2 fully saturated rings. The zero-order valence-corrected chi connectivity index (χ0v) is 13.4. The van der Waals surface area contributed by atoms with Crippen molar-refractivity contribution in [3.05, 3.63) is 35.2 Å². The van der Waals surface area contributed by atoms with Crippen molar-refractivity contribution >= 4 is 17.6 Å². The van der Waals surface area contributed by atoms with Crippen LogP contribution in [0.25, 0.3) is 11.4 Å². The van der Waals surface area contributed by atoms with E-state index in [1.54, 1.807) is 11.0 Å². The highest BCUT2D eigenvalue weighted by Gasteiger charge is 2.52. The van der Waals surface area contributed by atoms with Gasteiger partial charge in [-0.05, 0) is 12.1 Å². The van der Waals surface area contributed by atoms with E-state index in [-0.39, 0.29) is 11.6 Å². The minimum atomic E-state index is -0.0946. The average Bonchev–Trinajstić information content (AvgIpc) is 3.07. The molecule has 0 saturated carbocycles. The molecule has 8 heteroatoms. The number of urea groups is 1. The van der Waals surface area contributed by atoms with E-state index < -0.39 is 0 Å². The van der Waals surface area contributed by atoms with Crippen molar-refractivity contribution < 1.29 is 9.32 Å². The summed E-state index contributed by atoms with van der Waals surface area (Å²) in [6.45, 7) is 2.85. The number of halogens is 1. The number of likely N-dealkylation sites (N-methyl/N-ethyl adjacent to an activating group) is 1. The smallest absolute Gasteiger partial charge is 0.317 e. The molecular formula is C15H16ClN5O2. The number of nitrogens with one attached hydrogen (secondary N) is 1. The van der Waals surface area contributed by atoms with Gasteiger partial charge < -0.3 is 14.7 Å². The molecule has 1 aromatic carbocycles. The Hall–Kier alpha value is -2.12. The molecule has 1 N–H and O–H groups in total. The van der Waals surface area contributed by atoms with Crippen LogP contribution >= 0.6 is 11.6 Å². The van der Waals surface area contributed by atoms with E-state index in [1.807, 2.05) is 25.2 Å². The predicted molar refractivity (Wildman–Crippen MR) is 83.9 cm³/mol. The van der Waals surface area contributed by atoms with Crippen LogP contribution in [0.4, 0.5) is 4.79 Å². The van der Waals surface area contributed by atoms with E-state index in [9.17, 15) is 4.79 Å². The lowest BCUT2D eigenvalue weighted by Gasteiger charge is -2.50. The van der Waals surface area contributed by atoms with Crippen molar-refractivity contribution in [1.82, 2.24) is 25.3 Å². The van der Waals surface area contributed by atoms with Crippen LogP contribution in [0.15, 0.2) is 28.8 Å². The van der Waals surface area contributed by atoms with E-state index in [0.717, 1.165) is 18.7 Å². The first-order valence-electron chi connectivity index (χ1n) is 7.39. The summed E-state index contributed by atoms with van der Waals surface area (Å²) < 4.78 is 5.32. The van der Waals surface area contributed by atoms with Crippen LogP contribution in [0.1, 0.15) is 5.89 Å². The molecule has 3 heterocycles. The number of nitrogens with zero attached hydrogens (tertiary/aromatic N) is 4. The molecule has 2 aliphatic rings. The summed E-state index contributed by atoms with van der Waals surface area (Å²) in [7, 11) is 1.84. The van der Waals surface area contributed by atoms with Crippen molar-refractivity contribution in [2.75, 3.05) is 26.7 Å². The number of aromatic nitrogens is 2. The van der Waals surface area contributed by atoms with Crippen LogP contribution in [-0.4, -0.2) is 58.2 Å². The summed E-state index contributed by atoms with van der Waals surface area (Å²) in [5.41, 5.74) is 0.664. The Balaban J connectivity index is 1.42. The maximum Gasteiger partial charge on any atom is 0.317 e. The van der Waals surface area contributed by atoms with Crippen molar-refractivity contribution in [2.45, 2.75) is 12.1 Å². The van der Waals surface area contributed by atoms with E-state index in [2.05, 4.69) is 20.4 Å². The first kappa shape index (κ1) is 14.5. The lowest BCUT2D eigenvalue weighted by Crippen LogP contribution is -2.68. The molecule has 0 unspecified atom stereocenters. The van der Waals surface area contributed by atoms with Crippen LogP contribution in [-0.2, 0) is 6.54 Å². The fourth-order valence-corrected chi connectivity index (χ4v) is 3.40. The van der Waals surface area contributed by atoms with Gasteiger partial charge in [0.25, 0.3) is 0 Å². The van der Waals surface area contributed by atoms with Gasteiger partial charge in [0.2, 0.25) is 11.7 Å². The Morgan fingerprint density at radius 1 is 1.39 bits per heavy atom. The second-order valence-corrected chi connectivity index (χ2v) is 6.49. The third kappa shape index (κ3) is 2.36. The molecule has 2 aliphatic heterocycles. The molecule has 0 atom stereocenters. The standard InChI is InChI=1S/C15H16ClN5O2/c1-20-14(22)17-7-15(20)8-21(9-15)6-12-18-13(19-23-12)10-4-2-3-5-11(10)16/h2-5H,6-9H2,1H3,(H,17,22). The number of benzene rings is 1. The topological polar surface area (TPSA) is 74.5 Å². The van der Waals surface area contributed by atoms with Crippen LogP contribution < -0.4 is 5.32 Å². The first-order valence-corrected chi connectivity index (χ1v) is 7.77. The Bertz CT molecular complexity index is 756. The quantitative estimate of drug-likeness (QED) is 0.923. The molecule has 2 saturated heterocycles. The Kier molecular flexibility index (Phi) is 3.28. The monoisotopic (exact) mass is 333 g/mol. The van der Waals surface area contributed by atoms with E-state index >= 15 is 0 Å². The van der Waals surface area contributed by atoms with E-state index in [4.69, 9.17) is 16.1 Å². The molecule has 2 amide bonds. The van der Waals surface area contributed by atoms with Gasteiger partial charge in [0, 0.05) is 32.2 Å². The number of hydrogen-bond acceptors (Lipinski definition) is 5. The SMILES string of the molecule is CN1C(=O)NCC12CN(Cc1nc(-c3ccccc3Cl)no1)C2. The molecule has 0 bridgehead atoms. The summed E-state index contributed by atoms with van der Waals surface area (Å²) in [5.74, 6) is 1.05. The fourth-order valence-electron chi connectivity index (χ4n) is 3.18. The summed E-state index contributed by atoms with van der Waals surface area (Å²) in [6, 6.07) is 7.39. The van der Waals surface area contributed by atoms with Crippen LogP contribution in [0, 0.1) is 0 Å². The van der Waals surface area contributed by atoms with Gasteiger partial charge in [-0.1, -0.05) is 28.9 Å². The third-order valence-corrected chi connectivity index (χ3v) is 4.89. The fraction of sp³-hybridized carbons (Fsp3) is 0.400. The van der Waals surface area contributed by atoms with Gasteiger partial charge >= 0.3 is 6.03 Å². The van der Waals surface area contributed by atoms with Gasteiger partial charge in [-0.3, -0.25) is 4.90 Å². The number of carbonyl (C=O) groups is 1. The molecule has 120 valence electrons. The summed E-state index contributed by atoms with van der Waals surface area (Å²) in [6.07, 6.45) is 0. The molecule has 0 radical (unpaired) electrons. The molecular weight excluding hydrogens is 318 g/mol. The molecule has 1 spiro atoms. The van der Waals surface area contributed by atoms with Crippen LogP contribution in [0.2, 0.25) is 5.02 Å². The zero-order valence-electron chi connectivity index (χ0n) is 12.6. The summed E-state index contributed by atoms with van der Waals surface area (Å²) >= 11 is 6.15. The van der Waals surface area contributed by atoms with Gasteiger partial charge in [0.05, 0.1) is 17.1 Å². The molecule has 2 aromatic rings. The van der Waals surface area contributed by atoms with E-state index in [0.29, 0.717) is 29.8 Å². The zero-order chi connectivity index (χ0) is 16.0. The number of amides is 2. The maximum absolute atomic E-state index is 11.6. The highest BCUT2D eigenvalue weighted by molar-refractivity contribution is 6.33. The minimum Gasteiger partial charge on any atom is -0.338 e. The van der Waals surface area contributed by atoms with Gasteiger partial charge in [-0.25, -0.2) is 4.79 Å². The van der Waals surface area contributed by atoms with Crippen LogP contribution in [0.5, 0.6) is 0 Å². The minimum absolute atomic E-state index is 0.0107. The Morgan fingerprint density at radius 3 is 2.87 bits per heavy atom. The second kappa shape index (κ2) is 5.21. The normalized spacial score (nSPS) is 19.9. The van der Waals surface area contributed by atoms with Crippen molar-refractivity contribution in [1.29, 1.82) is 0 Å². The van der Waals surface area contributed by atoms with Crippen molar-refractivity contribution in [3.63, 3.8) is 0 Å². The molecule has 1 aromatic heterocycles. The molecule has 4 rings (SSSR count). The predicted octanol–water partition coefficient (Wildman–Crippen LogP) is 1.60. The highest BCUT2D eigenvalue weighted by Crippen LogP contribution is 2.31. The lowest BCUT2D eigenvalue weighted by molar-refractivity contribution is -0.00677.